The van der Waals surface area contributed by atoms with Gasteiger partial charge in [0.25, 0.3) is 11.6 Å². The van der Waals surface area contributed by atoms with Crippen LogP contribution in [0.3, 0.4) is 0 Å². The summed E-state index contributed by atoms with van der Waals surface area (Å²) in [5.41, 5.74) is 0.429. The number of methoxy groups -OCH3 is 1. The number of ether oxygens (including phenoxy) is 1. The predicted molar refractivity (Wildman–Crippen MR) is 61.3 cm³/mol. The van der Waals surface area contributed by atoms with Crippen molar-refractivity contribution in [1.82, 2.24) is 9.55 Å². The van der Waals surface area contributed by atoms with Crippen molar-refractivity contribution in [3.63, 3.8) is 0 Å². The number of carbonyl (C=O) groups is 1. The van der Waals surface area contributed by atoms with Gasteiger partial charge in [-0.3, -0.25) is 14.2 Å². The Balaban J connectivity index is 2.70. The number of unbranched alkanes of at least 4 members (excludes halogenated alkanes) is 1. The van der Waals surface area contributed by atoms with E-state index >= 15 is 0 Å². The van der Waals surface area contributed by atoms with E-state index in [4.69, 9.17) is 9.84 Å². The van der Waals surface area contributed by atoms with Gasteiger partial charge in [-0.1, -0.05) is 0 Å². The third kappa shape index (κ3) is 3.90. The molecule has 0 bridgehead atoms. The highest BCUT2D eigenvalue weighted by molar-refractivity contribution is 5.66. The number of aromatic nitrogens is 2. The maximum absolute atomic E-state index is 11.7. The van der Waals surface area contributed by atoms with E-state index in [1.54, 1.807) is 6.92 Å². The lowest BCUT2D eigenvalue weighted by molar-refractivity contribution is -0.137. The van der Waals surface area contributed by atoms with Gasteiger partial charge in [-0.05, 0) is 19.8 Å². The highest BCUT2D eigenvalue weighted by Gasteiger charge is 2.07. The Bertz CT molecular complexity index is 453. The van der Waals surface area contributed by atoms with Gasteiger partial charge in [0.1, 0.15) is 0 Å². The molecule has 6 nitrogen and oxygen atoms in total. The zero-order valence-electron chi connectivity index (χ0n) is 9.97. The molecule has 1 aromatic rings. The lowest BCUT2D eigenvalue weighted by Gasteiger charge is -2.10. The van der Waals surface area contributed by atoms with E-state index in [1.807, 2.05) is 0 Å². The second-order valence-corrected chi connectivity index (χ2v) is 3.72. The number of carboxylic acid groups (broad SMARTS) is 1. The van der Waals surface area contributed by atoms with Crippen molar-refractivity contribution in [2.75, 3.05) is 7.11 Å². The molecule has 0 saturated heterocycles. The van der Waals surface area contributed by atoms with Gasteiger partial charge < -0.3 is 9.84 Å². The van der Waals surface area contributed by atoms with Gasteiger partial charge in [-0.25, -0.2) is 4.98 Å². The molecule has 1 aromatic heterocycles. The first-order valence-corrected chi connectivity index (χ1v) is 5.39. The SMILES string of the molecule is COc1nc(C)cc(=O)n1CCCCC(=O)O. The topological polar surface area (TPSA) is 81.4 Å². The smallest absolute Gasteiger partial charge is 0.303 e. The minimum absolute atomic E-state index is 0.107. The normalized spacial score (nSPS) is 10.2. The standard InChI is InChI=1S/C11H16N2O4/c1-8-7-9(14)13(11(12-8)17-2)6-4-3-5-10(15)16/h7H,3-6H2,1-2H3,(H,15,16). The predicted octanol–water partition coefficient (Wildman–Crippen LogP) is 0.815. The molecule has 0 saturated carbocycles. The van der Waals surface area contributed by atoms with Crippen molar-refractivity contribution in [3.8, 4) is 6.01 Å². The fourth-order valence-corrected chi connectivity index (χ4v) is 1.50. The van der Waals surface area contributed by atoms with Gasteiger partial charge in [-0.15, -0.1) is 0 Å². The van der Waals surface area contributed by atoms with Crippen LogP contribution in [-0.4, -0.2) is 27.7 Å². The Morgan fingerprint density at radius 2 is 2.24 bits per heavy atom. The summed E-state index contributed by atoms with van der Waals surface area (Å²) in [5, 5.41) is 8.50. The van der Waals surface area contributed by atoms with Crippen molar-refractivity contribution < 1.29 is 14.6 Å². The van der Waals surface area contributed by atoms with Crippen molar-refractivity contribution in [3.05, 3.63) is 22.1 Å². The van der Waals surface area contributed by atoms with Crippen LogP contribution in [0.1, 0.15) is 25.0 Å². The molecule has 0 aromatic carbocycles. The van der Waals surface area contributed by atoms with Crippen LogP contribution in [-0.2, 0) is 11.3 Å². The molecule has 0 radical (unpaired) electrons. The Hall–Kier alpha value is -1.85. The van der Waals surface area contributed by atoms with Gasteiger partial charge >= 0.3 is 5.97 Å². The van der Waals surface area contributed by atoms with Crippen molar-refractivity contribution in [2.45, 2.75) is 32.7 Å². The fourth-order valence-electron chi connectivity index (χ4n) is 1.50. The molecule has 6 heteroatoms. The largest absolute Gasteiger partial charge is 0.481 e. The first-order valence-electron chi connectivity index (χ1n) is 5.39. The van der Waals surface area contributed by atoms with Crippen molar-refractivity contribution in [1.29, 1.82) is 0 Å². The summed E-state index contributed by atoms with van der Waals surface area (Å²) >= 11 is 0. The Morgan fingerprint density at radius 1 is 1.53 bits per heavy atom. The zero-order chi connectivity index (χ0) is 12.8. The number of nitrogens with zero attached hydrogens (tertiary/aromatic N) is 2. The monoisotopic (exact) mass is 240 g/mol. The maximum Gasteiger partial charge on any atom is 0.303 e. The van der Waals surface area contributed by atoms with E-state index in [9.17, 15) is 9.59 Å². The maximum atomic E-state index is 11.7. The summed E-state index contributed by atoms with van der Waals surface area (Å²) in [7, 11) is 1.45. The zero-order valence-corrected chi connectivity index (χ0v) is 9.97. The van der Waals surface area contributed by atoms with Gasteiger partial charge in [0, 0.05) is 24.7 Å². The Kier molecular flexibility index (Phi) is 4.68. The van der Waals surface area contributed by atoms with E-state index < -0.39 is 5.97 Å². The highest BCUT2D eigenvalue weighted by atomic mass is 16.5. The number of aryl methyl sites for hydroxylation is 1. The van der Waals surface area contributed by atoms with Gasteiger partial charge in [0.15, 0.2) is 0 Å². The quantitative estimate of drug-likeness (QED) is 0.744. The summed E-state index contributed by atoms with van der Waals surface area (Å²) in [6, 6.07) is 1.70. The van der Waals surface area contributed by atoms with Crippen LogP contribution >= 0.6 is 0 Å². The summed E-state index contributed by atoms with van der Waals surface area (Å²) in [6.45, 7) is 2.14. The lowest BCUT2D eigenvalue weighted by atomic mass is 10.2. The third-order valence-corrected chi connectivity index (χ3v) is 2.31. The molecule has 1 heterocycles. The molecule has 0 spiro atoms. The highest BCUT2D eigenvalue weighted by Crippen LogP contribution is 2.06. The first-order chi connectivity index (χ1) is 8.04. The summed E-state index contributed by atoms with van der Waals surface area (Å²) in [6.07, 6.45) is 1.24. The minimum atomic E-state index is -0.827. The number of hydrogen-bond acceptors (Lipinski definition) is 4. The molecule has 0 amide bonds. The fraction of sp³-hybridized carbons (Fsp3) is 0.545. The van der Waals surface area contributed by atoms with E-state index in [1.165, 1.54) is 17.7 Å². The van der Waals surface area contributed by atoms with E-state index in [0.717, 1.165) is 0 Å². The molecule has 1 rings (SSSR count). The first kappa shape index (κ1) is 13.2. The average molecular weight is 240 g/mol. The van der Waals surface area contributed by atoms with Crippen LogP contribution in [0.15, 0.2) is 10.9 Å². The van der Waals surface area contributed by atoms with Crippen LogP contribution in [0.25, 0.3) is 0 Å². The summed E-state index contributed by atoms with van der Waals surface area (Å²) in [4.78, 5) is 26.1. The van der Waals surface area contributed by atoms with Crippen LogP contribution in [0.5, 0.6) is 6.01 Å². The van der Waals surface area contributed by atoms with Gasteiger partial charge in [0.2, 0.25) is 0 Å². The van der Waals surface area contributed by atoms with E-state index in [0.29, 0.717) is 25.1 Å². The second kappa shape index (κ2) is 6.03. The van der Waals surface area contributed by atoms with E-state index in [-0.39, 0.29) is 18.0 Å². The Morgan fingerprint density at radius 3 is 2.82 bits per heavy atom. The molecule has 0 atom stereocenters. The van der Waals surface area contributed by atoms with Gasteiger partial charge in [0.05, 0.1) is 7.11 Å². The summed E-state index contributed by atoms with van der Waals surface area (Å²) < 4.78 is 6.43. The van der Waals surface area contributed by atoms with E-state index in [2.05, 4.69) is 4.98 Å². The van der Waals surface area contributed by atoms with Gasteiger partial charge in [-0.2, -0.15) is 0 Å². The number of hydrogen-bond donors (Lipinski definition) is 1. The molecule has 17 heavy (non-hydrogen) atoms. The van der Waals surface area contributed by atoms with Crippen molar-refractivity contribution >= 4 is 5.97 Å². The number of carboxylic acids is 1. The van der Waals surface area contributed by atoms with Crippen LogP contribution in [0.4, 0.5) is 0 Å². The number of rotatable bonds is 6. The summed E-state index contributed by atoms with van der Waals surface area (Å²) in [5.74, 6) is -0.827. The molecule has 0 aliphatic heterocycles. The molecule has 1 N–H and O–H groups in total. The van der Waals surface area contributed by atoms with Crippen LogP contribution in [0.2, 0.25) is 0 Å². The third-order valence-electron chi connectivity index (χ3n) is 2.31. The lowest BCUT2D eigenvalue weighted by Crippen LogP contribution is -2.22. The minimum Gasteiger partial charge on any atom is -0.481 e. The second-order valence-electron chi connectivity index (χ2n) is 3.72. The molecular formula is C11H16N2O4. The number of aliphatic carboxylic acids is 1. The Labute approximate surface area is 98.9 Å². The molecule has 0 aliphatic rings. The molecule has 94 valence electrons. The molecular weight excluding hydrogens is 224 g/mol. The molecule has 0 unspecified atom stereocenters. The average Bonchev–Trinajstić information content (AvgIpc) is 2.25. The van der Waals surface area contributed by atoms with Crippen LogP contribution < -0.4 is 10.3 Å². The molecule has 0 aliphatic carbocycles. The molecule has 0 fully saturated rings. The van der Waals surface area contributed by atoms with Crippen molar-refractivity contribution in [2.24, 2.45) is 0 Å². The van der Waals surface area contributed by atoms with Crippen LogP contribution in [0, 0.1) is 6.92 Å².